The zero-order valence-electron chi connectivity index (χ0n) is 17.9. The fourth-order valence-electron chi connectivity index (χ4n) is 3.96. The molecule has 4 aromatic rings. The van der Waals surface area contributed by atoms with Gasteiger partial charge in [-0.2, -0.15) is 0 Å². The Bertz CT molecular complexity index is 1350. The minimum atomic E-state index is -0.517. The van der Waals surface area contributed by atoms with E-state index in [0.717, 1.165) is 23.0 Å². The van der Waals surface area contributed by atoms with Crippen LogP contribution in [0.1, 0.15) is 11.4 Å². The van der Waals surface area contributed by atoms with Gasteiger partial charge in [0.2, 0.25) is 5.91 Å². The summed E-state index contributed by atoms with van der Waals surface area (Å²) in [5.74, 6) is 0.950. The van der Waals surface area contributed by atoms with Gasteiger partial charge in [0.25, 0.3) is 0 Å². The van der Waals surface area contributed by atoms with Crippen LogP contribution in [0.4, 0.5) is 5.82 Å². The van der Waals surface area contributed by atoms with Crippen molar-refractivity contribution in [2.45, 2.75) is 20.4 Å². The summed E-state index contributed by atoms with van der Waals surface area (Å²) in [6.45, 7) is 6.31. The van der Waals surface area contributed by atoms with Crippen LogP contribution in [-0.2, 0) is 11.3 Å². The first kappa shape index (κ1) is 20.0. The van der Waals surface area contributed by atoms with Crippen LogP contribution in [0, 0.1) is 13.8 Å². The van der Waals surface area contributed by atoms with Crippen LogP contribution >= 0.6 is 0 Å². The molecule has 1 aromatic carbocycles. The second-order valence-electron chi connectivity index (χ2n) is 7.81. The Balaban J connectivity index is 1.27. The van der Waals surface area contributed by atoms with Gasteiger partial charge in [-0.1, -0.05) is 12.1 Å². The van der Waals surface area contributed by atoms with E-state index in [2.05, 4.69) is 19.9 Å². The Kier molecular flexibility index (Phi) is 4.96. The highest BCUT2D eigenvalue weighted by Crippen LogP contribution is 2.18. The van der Waals surface area contributed by atoms with Crippen molar-refractivity contribution in [3.05, 3.63) is 64.9 Å². The molecule has 0 atom stereocenters. The molecule has 0 spiro atoms. The molecule has 0 unspecified atom stereocenters. The Morgan fingerprint density at radius 1 is 1.03 bits per heavy atom. The number of imidazole rings is 1. The van der Waals surface area contributed by atoms with Crippen LogP contribution in [0.2, 0.25) is 0 Å². The highest BCUT2D eigenvalue weighted by molar-refractivity contribution is 5.79. The van der Waals surface area contributed by atoms with Crippen LogP contribution in [0.3, 0.4) is 0 Å². The van der Waals surface area contributed by atoms with Crippen molar-refractivity contribution in [2.75, 3.05) is 31.1 Å². The molecule has 0 N–H and O–H groups in total. The summed E-state index contributed by atoms with van der Waals surface area (Å²) in [6, 6.07) is 9.05. The lowest BCUT2D eigenvalue weighted by molar-refractivity contribution is -0.132. The van der Waals surface area contributed by atoms with Crippen molar-refractivity contribution in [2.24, 2.45) is 0 Å². The number of amides is 1. The van der Waals surface area contributed by atoms with Crippen molar-refractivity contribution < 1.29 is 9.21 Å². The SMILES string of the molecule is Cc1ncn(-c2cc(N3CCN(C(=O)Cn4c(=O)oc5ccccc54)CC3)ncn2)c1C. The molecule has 4 heterocycles. The van der Waals surface area contributed by atoms with Gasteiger partial charge in [0.15, 0.2) is 5.58 Å². The maximum Gasteiger partial charge on any atom is 0.420 e. The number of rotatable bonds is 4. The van der Waals surface area contributed by atoms with E-state index in [1.54, 1.807) is 35.8 Å². The first-order valence-electron chi connectivity index (χ1n) is 10.5. The lowest BCUT2D eigenvalue weighted by atomic mass is 10.3. The van der Waals surface area contributed by atoms with Gasteiger partial charge in [0.1, 0.15) is 30.8 Å². The van der Waals surface area contributed by atoms with E-state index in [4.69, 9.17) is 4.42 Å². The number of carbonyl (C=O) groups excluding carboxylic acids is 1. The number of para-hydroxylation sites is 2. The highest BCUT2D eigenvalue weighted by atomic mass is 16.4. The normalized spacial score (nSPS) is 14.3. The van der Waals surface area contributed by atoms with Gasteiger partial charge in [-0.25, -0.2) is 19.7 Å². The molecule has 5 rings (SSSR count). The van der Waals surface area contributed by atoms with E-state index >= 15 is 0 Å². The van der Waals surface area contributed by atoms with Gasteiger partial charge in [-0.15, -0.1) is 0 Å². The summed E-state index contributed by atoms with van der Waals surface area (Å²) in [5.41, 5.74) is 3.11. The second kappa shape index (κ2) is 7.95. The van der Waals surface area contributed by atoms with Gasteiger partial charge >= 0.3 is 5.76 Å². The Hall–Kier alpha value is -3.95. The number of nitrogens with zero attached hydrogens (tertiary/aromatic N) is 7. The van der Waals surface area contributed by atoms with Crippen molar-refractivity contribution in [1.82, 2.24) is 29.0 Å². The molecule has 0 bridgehead atoms. The van der Waals surface area contributed by atoms with E-state index in [9.17, 15) is 9.59 Å². The number of benzene rings is 1. The molecule has 1 aliphatic heterocycles. The smallest absolute Gasteiger partial charge is 0.408 e. The zero-order chi connectivity index (χ0) is 22.2. The van der Waals surface area contributed by atoms with Gasteiger partial charge in [-0.3, -0.25) is 13.9 Å². The molecular formula is C22H23N7O3. The van der Waals surface area contributed by atoms with E-state index in [1.165, 1.54) is 4.57 Å². The number of aromatic nitrogens is 5. The van der Waals surface area contributed by atoms with Gasteiger partial charge in [0, 0.05) is 37.9 Å². The molecule has 1 fully saturated rings. The molecule has 164 valence electrons. The molecule has 0 radical (unpaired) electrons. The maximum absolute atomic E-state index is 12.9. The summed E-state index contributed by atoms with van der Waals surface area (Å²) < 4.78 is 8.55. The minimum absolute atomic E-state index is 0.0350. The number of anilines is 1. The van der Waals surface area contributed by atoms with Crippen LogP contribution in [0.25, 0.3) is 16.9 Å². The number of fused-ring (bicyclic) bond motifs is 1. The lowest BCUT2D eigenvalue weighted by Gasteiger charge is -2.35. The molecule has 10 nitrogen and oxygen atoms in total. The number of hydrogen-bond acceptors (Lipinski definition) is 7. The zero-order valence-corrected chi connectivity index (χ0v) is 17.9. The predicted molar refractivity (Wildman–Crippen MR) is 118 cm³/mol. The van der Waals surface area contributed by atoms with Crippen molar-refractivity contribution >= 4 is 22.8 Å². The second-order valence-corrected chi connectivity index (χ2v) is 7.81. The summed E-state index contributed by atoms with van der Waals surface area (Å²) in [5, 5.41) is 0. The van der Waals surface area contributed by atoms with Crippen LogP contribution in [0.5, 0.6) is 0 Å². The minimum Gasteiger partial charge on any atom is -0.408 e. The van der Waals surface area contributed by atoms with E-state index in [-0.39, 0.29) is 12.5 Å². The molecule has 3 aromatic heterocycles. The molecule has 1 aliphatic rings. The molecule has 32 heavy (non-hydrogen) atoms. The number of piperazine rings is 1. The summed E-state index contributed by atoms with van der Waals surface area (Å²) in [4.78, 5) is 42.1. The quantitative estimate of drug-likeness (QED) is 0.481. The Morgan fingerprint density at radius 3 is 2.53 bits per heavy atom. The molecule has 10 heteroatoms. The monoisotopic (exact) mass is 433 g/mol. The fourth-order valence-corrected chi connectivity index (χ4v) is 3.96. The van der Waals surface area contributed by atoms with E-state index in [0.29, 0.717) is 37.3 Å². The van der Waals surface area contributed by atoms with Gasteiger partial charge in [0.05, 0.1) is 11.2 Å². The standard InChI is InChI=1S/C22H23N7O3/c1-15-16(2)29(14-25-15)20-11-19(23-13-24-20)26-7-9-27(10-8-26)21(30)12-28-17-5-3-4-6-18(17)32-22(28)31/h3-6,11,13-14H,7-10,12H2,1-2H3. The number of oxazole rings is 1. The maximum atomic E-state index is 12.9. The third-order valence-corrected chi connectivity index (χ3v) is 5.96. The average molecular weight is 433 g/mol. The molecule has 1 amide bonds. The van der Waals surface area contributed by atoms with Crippen molar-refractivity contribution in [3.63, 3.8) is 0 Å². The lowest BCUT2D eigenvalue weighted by Crippen LogP contribution is -2.50. The summed E-state index contributed by atoms with van der Waals surface area (Å²) >= 11 is 0. The van der Waals surface area contributed by atoms with Gasteiger partial charge < -0.3 is 14.2 Å². The topological polar surface area (TPSA) is 102 Å². The summed E-state index contributed by atoms with van der Waals surface area (Å²) in [6.07, 6.45) is 3.31. The molecular weight excluding hydrogens is 410 g/mol. The molecule has 0 aliphatic carbocycles. The predicted octanol–water partition coefficient (Wildman–Crippen LogP) is 1.54. The van der Waals surface area contributed by atoms with Crippen molar-refractivity contribution in [1.29, 1.82) is 0 Å². The first-order chi connectivity index (χ1) is 15.5. The fraction of sp³-hybridized carbons (Fsp3) is 0.318. The number of aryl methyl sites for hydroxylation is 1. The molecule has 0 saturated carbocycles. The Morgan fingerprint density at radius 2 is 1.78 bits per heavy atom. The van der Waals surface area contributed by atoms with Crippen LogP contribution in [0.15, 0.2) is 52.2 Å². The first-order valence-corrected chi connectivity index (χ1v) is 10.5. The third kappa shape index (κ3) is 3.53. The number of carbonyl (C=O) groups is 1. The largest absolute Gasteiger partial charge is 0.420 e. The van der Waals surface area contributed by atoms with Gasteiger partial charge in [-0.05, 0) is 26.0 Å². The van der Waals surface area contributed by atoms with Crippen LogP contribution < -0.4 is 10.7 Å². The van der Waals surface area contributed by atoms with E-state index < -0.39 is 5.76 Å². The Labute approximate surface area is 183 Å². The summed E-state index contributed by atoms with van der Waals surface area (Å²) in [7, 11) is 0. The molecule has 1 saturated heterocycles. The van der Waals surface area contributed by atoms with Crippen molar-refractivity contribution in [3.8, 4) is 5.82 Å². The third-order valence-electron chi connectivity index (χ3n) is 5.96. The van der Waals surface area contributed by atoms with E-state index in [1.807, 2.05) is 30.5 Å². The highest BCUT2D eigenvalue weighted by Gasteiger charge is 2.24. The van der Waals surface area contributed by atoms with Crippen LogP contribution in [-0.4, -0.2) is 61.1 Å². The number of hydrogen-bond donors (Lipinski definition) is 0. The average Bonchev–Trinajstić information content (AvgIpc) is 3.32.